The van der Waals surface area contributed by atoms with Gasteiger partial charge in [-0.3, -0.25) is 19.3 Å². The number of imide groups is 1. The molecule has 0 saturated carbocycles. The molecule has 0 atom stereocenters. The molecule has 170 valence electrons. The smallest absolute Gasteiger partial charge is 0.280 e. The normalized spacial score (nSPS) is 14.3. The molecule has 0 bridgehead atoms. The summed E-state index contributed by atoms with van der Waals surface area (Å²) in [7, 11) is 0. The van der Waals surface area contributed by atoms with Crippen molar-refractivity contribution in [3.8, 4) is 17.1 Å². The van der Waals surface area contributed by atoms with E-state index in [1.807, 2.05) is 54.6 Å². The Morgan fingerprint density at radius 1 is 0.771 bits per heavy atom. The highest BCUT2D eigenvalue weighted by atomic mass is 16.3. The quantitative estimate of drug-likeness (QED) is 0.435. The fourth-order valence-electron chi connectivity index (χ4n) is 4.73. The predicted molar refractivity (Wildman–Crippen MR) is 130 cm³/mol. The van der Waals surface area contributed by atoms with Crippen LogP contribution in [0.25, 0.3) is 11.3 Å². The molecule has 0 spiro atoms. The molecule has 6 rings (SSSR count). The number of fused-ring (bicyclic) bond motifs is 2. The Hall–Kier alpha value is -4.78. The molecule has 0 unspecified atom stereocenters. The van der Waals surface area contributed by atoms with Crippen molar-refractivity contribution in [3.63, 3.8) is 0 Å². The molecule has 2 N–H and O–H groups in total. The van der Waals surface area contributed by atoms with Crippen LogP contribution in [0.1, 0.15) is 47.8 Å². The number of aromatic amines is 1. The van der Waals surface area contributed by atoms with Gasteiger partial charge in [-0.05, 0) is 35.7 Å². The van der Waals surface area contributed by atoms with Crippen molar-refractivity contribution in [3.05, 3.63) is 112 Å². The van der Waals surface area contributed by atoms with Gasteiger partial charge in [0.15, 0.2) is 5.88 Å². The second kappa shape index (κ2) is 7.92. The van der Waals surface area contributed by atoms with Crippen molar-refractivity contribution < 1.29 is 19.5 Å². The van der Waals surface area contributed by atoms with Crippen LogP contribution >= 0.6 is 0 Å². The van der Waals surface area contributed by atoms with Gasteiger partial charge in [0, 0.05) is 12.1 Å². The number of benzene rings is 3. The summed E-state index contributed by atoms with van der Waals surface area (Å²) in [6.45, 7) is 0.240. The lowest BCUT2D eigenvalue weighted by atomic mass is 9.99. The summed E-state index contributed by atoms with van der Waals surface area (Å²) in [5, 5.41) is 10.7. The Morgan fingerprint density at radius 3 is 2.14 bits per heavy atom. The van der Waals surface area contributed by atoms with E-state index in [1.54, 1.807) is 24.3 Å². The summed E-state index contributed by atoms with van der Waals surface area (Å²) in [6.07, 6.45) is 0.452. The molecule has 0 radical (unpaired) electrons. The van der Waals surface area contributed by atoms with Gasteiger partial charge < -0.3 is 10.1 Å². The SMILES string of the molecule is O=C1N=C(c2ccccc2)c2c(O)[nH]c(-c3cccc(CCN4C(=O)c5ccccc5C4=O)c3)c21. The molecule has 7 heteroatoms. The fraction of sp³-hybridized carbons (Fsp3) is 0.0714. The highest BCUT2D eigenvalue weighted by Crippen LogP contribution is 2.38. The minimum absolute atomic E-state index is 0.111. The van der Waals surface area contributed by atoms with Crippen molar-refractivity contribution in [2.45, 2.75) is 6.42 Å². The van der Waals surface area contributed by atoms with E-state index in [1.165, 1.54) is 4.90 Å². The average molecular weight is 461 g/mol. The van der Waals surface area contributed by atoms with Crippen molar-refractivity contribution in [2.75, 3.05) is 6.54 Å². The second-order valence-electron chi connectivity index (χ2n) is 8.49. The number of nitrogens with one attached hydrogen (secondary N) is 1. The van der Waals surface area contributed by atoms with Crippen LogP contribution in [0, 0.1) is 0 Å². The average Bonchev–Trinajstić information content (AvgIpc) is 3.50. The number of hydrogen-bond acceptors (Lipinski definition) is 4. The molecule has 3 heterocycles. The first-order chi connectivity index (χ1) is 17.0. The Bertz CT molecular complexity index is 1530. The number of hydrogen-bond donors (Lipinski definition) is 2. The molecule has 7 nitrogen and oxygen atoms in total. The maximum Gasteiger partial charge on any atom is 0.280 e. The topological polar surface area (TPSA) is 103 Å². The van der Waals surface area contributed by atoms with Crippen LogP contribution in [0.5, 0.6) is 5.88 Å². The number of amides is 3. The highest BCUT2D eigenvalue weighted by molar-refractivity contribution is 6.30. The van der Waals surface area contributed by atoms with E-state index in [0.29, 0.717) is 45.6 Å². The van der Waals surface area contributed by atoms with Gasteiger partial charge in [0.1, 0.15) is 0 Å². The first-order valence-electron chi connectivity index (χ1n) is 11.2. The molecule has 4 aromatic rings. The van der Waals surface area contributed by atoms with Crippen LogP contribution in [-0.2, 0) is 6.42 Å². The number of carbonyl (C=O) groups is 3. The molecule has 0 aliphatic carbocycles. The molecule has 0 fully saturated rings. The molecular weight excluding hydrogens is 442 g/mol. The van der Waals surface area contributed by atoms with Gasteiger partial charge in [0.05, 0.1) is 33.7 Å². The van der Waals surface area contributed by atoms with Crippen LogP contribution in [0.15, 0.2) is 83.9 Å². The van der Waals surface area contributed by atoms with E-state index in [0.717, 1.165) is 11.1 Å². The van der Waals surface area contributed by atoms with Crippen molar-refractivity contribution in [2.24, 2.45) is 4.99 Å². The first-order valence-corrected chi connectivity index (χ1v) is 11.2. The Labute approximate surface area is 200 Å². The zero-order valence-electron chi connectivity index (χ0n) is 18.5. The van der Waals surface area contributed by atoms with Crippen LogP contribution in [0.2, 0.25) is 0 Å². The maximum atomic E-state index is 12.8. The standard InChI is InChI=1S/C28H19N3O4/c32-25-21-22(26(33)29-23(21)17-8-2-1-3-9-17)24(30-25)18-10-6-7-16(15-18)13-14-31-27(34)19-11-4-5-12-20(19)28(31)35/h1-12,15,30,32H,13-14H2. The third kappa shape index (κ3) is 3.28. The van der Waals surface area contributed by atoms with Gasteiger partial charge in [0.2, 0.25) is 0 Å². The number of carbonyl (C=O) groups excluding carboxylic acids is 3. The lowest BCUT2D eigenvalue weighted by Crippen LogP contribution is -2.31. The third-order valence-corrected chi connectivity index (χ3v) is 6.41. The van der Waals surface area contributed by atoms with E-state index < -0.39 is 5.91 Å². The van der Waals surface area contributed by atoms with Crippen LogP contribution in [0.3, 0.4) is 0 Å². The van der Waals surface area contributed by atoms with Gasteiger partial charge in [-0.25, -0.2) is 4.99 Å². The molecule has 0 saturated heterocycles. The van der Waals surface area contributed by atoms with Gasteiger partial charge in [0.25, 0.3) is 17.7 Å². The molecule has 35 heavy (non-hydrogen) atoms. The Kier molecular flexibility index (Phi) is 4.70. The molecule has 3 aromatic carbocycles. The van der Waals surface area contributed by atoms with E-state index >= 15 is 0 Å². The summed E-state index contributed by atoms with van der Waals surface area (Å²) in [5.41, 5.74) is 4.84. The molecular formula is C28H19N3O4. The zero-order valence-corrected chi connectivity index (χ0v) is 18.5. The number of aromatic hydroxyl groups is 1. The first kappa shape index (κ1) is 20.8. The van der Waals surface area contributed by atoms with Crippen LogP contribution in [0.4, 0.5) is 0 Å². The van der Waals surface area contributed by atoms with Crippen molar-refractivity contribution >= 4 is 23.4 Å². The van der Waals surface area contributed by atoms with E-state index in [2.05, 4.69) is 9.98 Å². The summed E-state index contributed by atoms with van der Waals surface area (Å²) in [6, 6.07) is 23.5. The van der Waals surface area contributed by atoms with Crippen LogP contribution < -0.4 is 0 Å². The maximum absolute atomic E-state index is 12.8. The molecule has 1 aromatic heterocycles. The number of rotatable bonds is 5. The van der Waals surface area contributed by atoms with E-state index in [9.17, 15) is 19.5 Å². The number of aromatic nitrogens is 1. The fourth-order valence-corrected chi connectivity index (χ4v) is 4.73. The number of H-pyrrole nitrogens is 1. The molecule has 3 amide bonds. The van der Waals surface area contributed by atoms with Gasteiger partial charge in [-0.1, -0.05) is 60.7 Å². The monoisotopic (exact) mass is 461 g/mol. The van der Waals surface area contributed by atoms with Crippen molar-refractivity contribution in [1.82, 2.24) is 9.88 Å². The molecule has 2 aliphatic rings. The second-order valence-corrected chi connectivity index (χ2v) is 8.49. The van der Waals surface area contributed by atoms with E-state index in [-0.39, 0.29) is 24.2 Å². The zero-order chi connectivity index (χ0) is 24.1. The predicted octanol–water partition coefficient (Wildman–Crippen LogP) is 4.22. The van der Waals surface area contributed by atoms with Gasteiger partial charge >= 0.3 is 0 Å². The Balaban J connectivity index is 1.28. The summed E-state index contributed by atoms with van der Waals surface area (Å²) >= 11 is 0. The summed E-state index contributed by atoms with van der Waals surface area (Å²) in [5.74, 6) is -1.10. The minimum Gasteiger partial charge on any atom is -0.494 e. The lowest BCUT2D eigenvalue weighted by Gasteiger charge is -2.14. The lowest BCUT2D eigenvalue weighted by molar-refractivity contribution is 0.0655. The van der Waals surface area contributed by atoms with Crippen molar-refractivity contribution in [1.29, 1.82) is 0 Å². The summed E-state index contributed by atoms with van der Waals surface area (Å²) in [4.78, 5) is 46.5. The summed E-state index contributed by atoms with van der Waals surface area (Å²) < 4.78 is 0. The minimum atomic E-state index is -0.415. The van der Waals surface area contributed by atoms with Gasteiger partial charge in [-0.2, -0.15) is 0 Å². The largest absolute Gasteiger partial charge is 0.494 e. The number of aliphatic imine (C=N–C) groups is 1. The Morgan fingerprint density at radius 2 is 1.43 bits per heavy atom. The molecule has 2 aliphatic heterocycles. The van der Waals surface area contributed by atoms with Gasteiger partial charge in [-0.15, -0.1) is 0 Å². The van der Waals surface area contributed by atoms with E-state index in [4.69, 9.17) is 0 Å². The number of nitrogens with zero attached hydrogens (tertiary/aromatic N) is 2. The highest BCUT2D eigenvalue weighted by Gasteiger charge is 2.35. The third-order valence-electron chi connectivity index (χ3n) is 6.41. The van der Waals surface area contributed by atoms with Crippen LogP contribution in [-0.4, -0.2) is 45.0 Å².